The molecule has 1 aromatic carbocycles. The second-order valence-corrected chi connectivity index (χ2v) is 5.55. The third-order valence-electron chi connectivity index (χ3n) is 3.03. The summed E-state index contributed by atoms with van der Waals surface area (Å²) in [5.41, 5.74) is 0.582. The smallest absolute Gasteiger partial charge is 0.251 e. The van der Waals surface area contributed by atoms with Crippen molar-refractivity contribution < 1.29 is 14.3 Å². The van der Waals surface area contributed by atoms with Crippen molar-refractivity contribution in [2.45, 2.75) is 6.04 Å². The van der Waals surface area contributed by atoms with Crippen LogP contribution in [0.25, 0.3) is 0 Å². The number of halogens is 2. The van der Waals surface area contributed by atoms with Crippen LogP contribution in [0.2, 0.25) is 0 Å². The van der Waals surface area contributed by atoms with Crippen LogP contribution in [0.1, 0.15) is 10.4 Å². The van der Waals surface area contributed by atoms with Gasteiger partial charge in [0.1, 0.15) is 6.04 Å². The molecule has 22 heavy (non-hydrogen) atoms. The first-order valence-electron chi connectivity index (χ1n) is 6.79. The van der Waals surface area contributed by atoms with Gasteiger partial charge in [0.15, 0.2) is 0 Å². The molecule has 2 amide bonds. The van der Waals surface area contributed by atoms with E-state index in [-0.39, 0.29) is 30.3 Å². The minimum Gasteiger partial charge on any atom is -0.378 e. The second kappa shape index (κ2) is 9.78. The van der Waals surface area contributed by atoms with Crippen LogP contribution in [0.5, 0.6) is 0 Å². The molecule has 0 bridgehead atoms. The first-order valence-corrected chi connectivity index (χ1v) is 7.59. The average Bonchev–Trinajstić information content (AvgIpc) is 2.52. The number of ether oxygens (including phenoxy) is 1. The molecule has 2 rings (SSSR count). The number of morpholine rings is 1. The van der Waals surface area contributed by atoms with Gasteiger partial charge in [-0.05, 0) is 18.2 Å². The average molecular weight is 393 g/mol. The highest BCUT2D eigenvalue weighted by Gasteiger charge is 2.20. The summed E-state index contributed by atoms with van der Waals surface area (Å²) in [5, 5.41) is 8.59. The molecule has 1 fully saturated rings. The van der Waals surface area contributed by atoms with Crippen LogP contribution in [0, 0.1) is 0 Å². The van der Waals surface area contributed by atoms with Crippen LogP contribution in [0.15, 0.2) is 28.7 Å². The largest absolute Gasteiger partial charge is 0.378 e. The summed E-state index contributed by atoms with van der Waals surface area (Å²) in [4.78, 5) is 23.7. The third kappa shape index (κ3) is 5.92. The highest BCUT2D eigenvalue weighted by atomic mass is 79.9. The van der Waals surface area contributed by atoms with Gasteiger partial charge in [-0.25, -0.2) is 0 Å². The maximum atomic E-state index is 11.9. The fourth-order valence-corrected chi connectivity index (χ4v) is 2.35. The molecule has 1 aliphatic heterocycles. The fraction of sp³-hybridized carbons (Fsp3) is 0.429. The van der Waals surface area contributed by atoms with E-state index in [0.29, 0.717) is 38.4 Å². The van der Waals surface area contributed by atoms with E-state index >= 15 is 0 Å². The van der Waals surface area contributed by atoms with Crippen molar-refractivity contribution in [1.29, 1.82) is 0 Å². The molecule has 1 atom stereocenters. The summed E-state index contributed by atoms with van der Waals surface area (Å²) in [6.07, 6.45) is 0. The number of carbonyl (C=O) groups excluding carboxylic acids is 2. The predicted octanol–water partition coefficient (Wildman–Crippen LogP) is 0.705. The number of carbonyl (C=O) groups is 2. The van der Waals surface area contributed by atoms with Crippen molar-refractivity contribution in [3.63, 3.8) is 0 Å². The number of hydrogen-bond donors (Lipinski definition) is 3. The summed E-state index contributed by atoms with van der Waals surface area (Å²) in [7, 11) is 0. The van der Waals surface area contributed by atoms with Gasteiger partial charge in [-0.1, -0.05) is 22.0 Å². The molecule has 1 saturated heterocycles. The zero-order chi connectivity index (χ0) is 15.1. The van der Waals surface area contributed by atoms with E-state index < -0.39 is 0 Å². The molecule has 6 nitrogen and oxygen atoms in total. The molecule has 3 N–H and O–H groups in total. The van der Waals surface area contributed by atoms with E-state index in [1.165, 1.54) is 0 Å². The number of benzene rings is 1. The van der Waals surface area contributed by atoms with Crippen LogP contribution in [0.3, 0.4) is 0 Å². The molecule has 1 unspecified atom stereocenters. The van der Waals surface area contributed by atoms with Gasteiger partial charge in [-0.15, -0.1) is 12.4 Å². The Morgan fingerprint density at radius 2 is 2.09 bits per heavy atom. The topological polar surface area (TPSA) is 79.5 Å². The Labute approximate surface area is 143 Å². The van der Waals surface area contributed by atoms with Crippen molar-refractivity contribution in [3.8, 4) is 0 Å². The molecule has 1 heterocycles. The standard InChI is InChI=1S/C14H18BrN3O3.ClH/c15-11-3-1-2-10(8-11)13(19)17-4-5-18-14(20)12-9-21-7-6-16-12;/h1-3,8,12,16H,4-7,9H2,(H,17,19)(H,18,20);1H. The van der Waals surface area contributed by atoms with Gasteiger partial charge in [0.25, 0.3) is 5.91 Å². The molecule has 0 aliphatic carbocycles. The van der Waals surface area contributed by atoms with Gasteiger partial charge in [0.05, 0.1) is 13.2 Å². The number of rotatable bonds is 5. The Kier molecular flexibility index (Phi) is 8.40. The highest BCUT2D eigenvalue weighted by Crippen LogP contribution is 2.11. The van der Waals surface area contributed by atoms with Crippen LogP contribution < -0.4 is 16.0 Å². The molecule has 1 aliphatic rings. The summed E-state index contributed by atoms with van der Waals surface area (Å²) in [5.74, 6) is -0.268. The molecular formula is C14H19BrClN3O3. The van der Waals surface area contributed by atoms with E-state index in [4.69, 9.17) is 4.74 Å². The Morgan fingerprint density at radius 3 is 2.77 bits per heavy atom. The maximum absolute atomic E-state index is 11.9. The normalized spacial score (nSPS) is 17.2. The van der Waals surface area contributed by atoms with Gasteiger partial charge in [-0.3, -0.25) is 9.59 Å². The van der Waals surface area contributed by atoms with Crippen LogP contribution in [-0.4, -0.2) is 50.7 Å². The van der Waals surface area contributed by atoms with Gasteiger partial charge in [-0.2, -0.15) is 0 Å². The Morgan fingerprint density at radius 1 is 1.32 bits per heavy atom. The van der Waals surface area contributed by atoms with Gasteiger partial charge < -0.3 is 20.7 Å². The van der Waals surface area contributed by atoms with Gasteiger partial charge in [0.2, 0.25) is 5.91 Å². The van der Waals surface area contributed by atoms with E-state index in [0.717, 1.165) is 4.47 Å². The fourth-order valence-electron chi connectivity index (χ4n) is 1.95. The van der Waals surface area contributed by atoms with Crippen molar-refractivity contribution in [2.24, 2.45) is 0 Å². The number of amides is 2. The van der Waals surface area contributed by atoms with Crippen molar-refractivity contribution in [1.82, 2.24) is 16.0 Å². The lowest BCUT2D eigenvalue weighted by Crippen LogP contribution is -2.52. The first kappa shape index (κ1) is 18.9. The molecule has 0 radical (unpaired) electrons. The zero-order valence-electron chi connectivity index (χ0n) is 11.9. The van der Waals surface area contributed by atoms with Crippen LogP contribution in [-0.2, 0) is 9.53 Å². The highest BCUT2D eigenvalue weighted by molar-refractivity contribution is 9.10. The van der Waals surface area contributed by atoms with Crippen molar-refractivity contribution in [2.75, 3.05) is 32.8 Å². The second-order valence-electron chi connectivity index (χ2n) is 4.64. The number of hydrogen-bond acceptors (Lipinski definition) is 4. The van der Waals surface area contributed by atoms with Crippen molar-refractivity contribution >= 4 is 40.2 Å². The lowest BCUT2D eigenvalue weighted by atomic mass is 10.2. The van der Waals surface area contributed by atoms with Crippen LogP contribution >= 0.6 is 28.3 Å². The summed E-state index contributed by atoms with van der Waals surface area (Å²) < 4.78 is 6.07. The molecule has 1 aromatic rings. The monoisotopic (exact) mass is 391 g/mol. The van der Waals surface area contributed by atoms with Gasteiger partial charge in [0, 0.05) is 29.7 Å². The Hall–Kier alpha value is -1.15. The van der Waals surface area contributed by atoms with Crippen molar-refractivity contribution in [3.05, 3.63) is 34.3 Å². The lowest BCUT2D eigenvalue weighted by Gasteiger charge is -2.22. The minimum absolute atomic E-state index is 0. The van der Waals surface area contributed by atoms with Crippen LogP contribution in [0.4, 0.5) is 0 Å². The van der Waals surface area contributed by atoms with E-state index in [1.807, 2.05) is 6.07 Å². The molecule has 0 aromatic heterocycles. The Balaban J connectivity index is 0.00000242. The number of nitrogens with one attached hydrogen (secondary N) is 3. The first-order chi connectivity index (χ1) is 10.2. The third-order valence-corrected chi connectivity index (χ3v) is 3.53. The van der Waals surface area contributed by atoms with E-state index in [2.05, 4.69) is 31.9 Å². The molecule has 0 spiro atoms. The Bertz CT molecular complexity index is 510. The van der Waals surface area contributed by atoms with E-state index in [1.54, 1.807) is 18.2 Å². The maximum Gasteiger partial charge on any atom is 0.251 e. The summed E-state index contributed by atoms with van der Waals surface area (Å²) in [6.45, 7) is 2.46. The quantitative estimate of drug-likeness (QED) is 0.645. The zero-order valence-corrected chi connectivity index (χ0v) is 14.3. The SMILES string of the molecule is Cl.O=C(NCCNC(=O)C1COCCN1)c1cccc(Br)c1. The molecule has 122 valence electrons. The van der Waals surface area contributed by atoms with E-state index in [9.17, 15) is 9.59 Å². The molecule has 0 saturated carbocycles. The molecule has 8 heteroatoms. The lowest BCUT2D eigenvalue weighted by molar-refractivity contribution is -0.125. The molecular weight excluding hydrogens is 374 g/mol. The summed E-state index contributed by atoms with van der Waals surface area (Å²) in [6, 6.07) is 6.84. The minimum atomic E-state index is -0.306. The predicted molar refractivity (Wildman–Crippen MR) is 89.3 cm³/mol. The summed E-state index contributed by atoms with van der Waals surface area (Å²) >= 11 is 3.32. The van der Waals surface area contributed by atoms with Gasteiger partial charge >= 0.3 is 0 Å².